The quantitative estimate of drug-likeness (QED) is 0.448. The fraction of sp³-hybridized carbons (Fsp3) is 0.545. The second-order valence-electron chi connectivity index (χ2n) is 7.83. The molecule has 170 valence electrons. The van der Waals surface area contributed by atoms with E-state index in [2.05, 4.69) is 9.72 Å². The number of oxazole rings is 1. The van der Waals surface area contributed by atoms with E-state index in [1.54, 1.807) is 24.3 Å². The van der Waals surface area contributed by atoms with Gasteiger partial charge in [-0.1, -0.05) is 24.1 Å². The number of esters is 1. The molecule has 2 heterocycles. The first-order valence-electron chi connectivity index (χ1n) is 10.1. The Morgan fingerprint density at radius 2 is 1.84 bits per heavy atom. The lowest BCUT2D eigenvalue weighted by Gasteiger charge is -2.35. The van der Waals surface area contributed by atoms with Crippen molar-refractivity contribution in [1.82, 2.24) is 4.98 Å². The molecule has 0 bridgehead atoms. The van der Waals surface area contributed by atoms with E-state index in [1.807, 2.05) is 6.92 Å². The van der Waals surface area contributed by atoms with Crippen molar-refractivity contribution in [3.8, 4) is 11.5 Å². The lowest BCUT2D eigenvalue weighted by atomic mass is 10.0. The summed E-state index contributed by atoms with van der Waals surface area (Å²) in [6, 6.07) is 6.98. The summed E-state index contributed by atoms with van der Waals surface area (Å²) in [5.41, 5.74) is 1.42. The van der Waals surface area contributed by atoms with Crippen molar-refractivity contribution >= 4 is 5.97 Å². The molecule has 0 aliphatic carbocycles. The molecule has 9 heteroatoms. The van der Waals surface area contributed by atoms with Crippen LogP contribution in [0.15, 0.2) is 28.7 Å². The van der Waals surface area contributed by atoms with Crippen molar-refractivity contribution in [2.75, 3.05) is 20.3 Å². The maximum Gasteiger partial charge on any atom is 0.451 e. The molecule has 0 N–H and O–H groups in total. The van der Waals surface area contributed by atoms with Crippen LogP contribution in [0.1, 0.15) is 43.2 Å². The largest absolute Gasteiger partial charge is 0.465 e. The first-order chi connectivity index (χ1) is 14.6. The van der Waals surface area contributed by atoms with E-state index in [9.17, 15) is 18.0 Å². The summed E-state index contributed by atoms with van der Waals surface area (Å²) in [6.07, 6.45) is -2.58. The first kappa shape index (κ1) is 23.3. The predicted molar refractivity (Wildman–Crippen MR) is 105 cm³/mol. The van der Waals surface area contributed by atoms with Gasteiger partial charge in [-0.2, -0.15) is 13.2 Å². The van der Waals surface area contributed by atoms with Gasteiger partial charge in [-0.25, -0.2) is 9.78 Å². The van der Waals surface area contributed by atoms with Gasteiger partial charge in [0.15, 0.2) is 0 Å². The number of hydrogen-bond donors (Lipinski definition) is 0. The molecule has 0 saturated carbocycles. The number of benzene rings is 1. The average molecular weight is 441 g/mol. The molecule has 3 rings (SSSR count). The van der Waals surface area contributed by atoms with Crippen molar-refractivity contribution < 1.29 is 36.6 Å². The number of unbranched alkanes of at least 4 members (excludes halogenated alkanes) is 1. The average Bonchev–Trinajstić information content (AvgIpc) is 3.17. The Kier molecular flexibility index (Phi) is 7.06. The van der Waals surface area contributed by atoms with Crippen molar-refractivity contribution in [2.45, 2.75) is 51.5 Å². The van der Waals surface area contributed by atoms with Crippen LogP contribution in [-0.4, -0.2) is 37.1 Å². The minimum Gasteiger partial charge on any atom is -0.465 e. The SMILES string of the molecule is COC(=O)C1(C)OCC(CCCCc2nc(-c3ccc(C)cc3)oc2C(F)(F)F)CO1. The third kappa shape index (κ3) is 5.65. The number of nitrogens with zero attached hydrogens (tertiary/aromatic N) is 1. The smallest absolute Gasteiger partial charge is 0.451 e. The third-order valence-electron chi connectivity index (χ3n) is 5.27. The number of rotatable bonds is 7. The normalized spacial score (nSPS) is 21.8. The fourth-order valence-corrected chi connectivity index (χ4v) is 3.40. The molecule has 1 saturated heterocycles. The highest BCUT2D eigenvalue weighted by atomic mass is 19.4. The van der Waals surface area contributed by atoms with Crippen molar-refractivity contribution in [1.29, 1.82) is 0 Å². The fourth-order valence-electron chi connectivity index (χ4n) is 3.40. The minimum atomic E-state index is -4.60. The molecule has 31 heavy (non-hydrogen) atoms. The number of halogens is 3. The van der Waals surface area contributed by atoms with Crippen molar-refractivity contribution in [3.05, 3.63) is 41.3 Å². The topological polar surface area (TPSA) is 70.8 Å². The van der Waals surface area contributed by atoms with Gasteiger partial charge < -0.3 is 18.6 Å². The van der Waals surface area contributed by atoms with Crippen LogP contribution in [0.5, 0.6) is 0 Å². The monoisotopic (exact) mass is 441 g/mol. The number of carbonyl (C=O) groups is 1. The maximum absolute atomic E-state index is 13.4. The number of aromatic nitrogens is 1. The second-order valence-corrected chi connectivity index (χ2v) is 7.83. The van der Waals surface area contributed by atoms with Crippen LogP contribution in [-0.2, 0) is 31.6 Å². The van der Waals surface area contributed by atoms with Gasteiger partial charge in [0, 0.05) is 18.4 Å². The number of methoxy groups -OCH3 is 1. The van der Waals surface area contributed by atoms with E-state index in [1.165, 1.54) is 14.0 Å². The van der Waals surface area contributed by atoms with Gasteiger partial charge in [0.25, 0.3) is 5.79 Å². The zero-order valence-corrected chi connectivity index (χ0v) is 17.8. The summed E-state index contributed by atoms with van der Waals surface area (Å²) < 4.78 is 61.0. The van der Waals surface area contributed by atoms with Crippen molar-refractivity contribution in [2.24, 2.45) is 5.92 Å². The Labute approximate surface area is 178 Å². The standard InChI is InChI=1S/C22H26F3NO5/c1-14-8-10-16(11-9-14)19-26-17(18(31-19)22(23,24)25)7-5-4-6-15-12-29-21(2,30-13-15)20(27)28-3/h8-11,15H,4-7,12-13H2,1-3H3. The van der Waals surface area contributed by atoms with E-state index in [-0.39, 0.29) is 23.9 Å². The number of alkyl halides is 3. The molecule has 1 aromatic heterocycles. The van der Waals surface area contributed by atoms with E-state index >= 15 is 0 Å². The molecule has 0 atom stereocenters. The van der Waals surface area contributed by atoms with Gasteiger partial charge in [-0.05, 0) is 38.3 Å². The molecule has 0 unspecified atom stereocenters. The van der Waals surface area contributed by atoms with Gasteiger partial charge in [-0.15, -0.1) is 0 Å². The first-order valence-corrected chi connectivity index (χ1v) is 10.1. The third-order valence-corrected chi connectivity index (χ3v) is 5.27. The predicted octanol–water partition coefficient (Wildman–Crippen LogP) is 4.93. The lowest BCUT2D eigenvalue weighted by Crippen LogP contribution is -2.48. The van der Waals surface area contributed by atoms with E-state index < -0.39 is 23.7 Å². The van der Waals surface area contributed by atoms with E-state index in [0.29, 0.717) is 38.0 Å². The van der Waals surface area contributed by atoms with E-state index in [0.717, 1.165) is 5.56 Å². The maximum atomic E-state index is 13.4. The Morgan fingerprint density at radius 1 is 1.19 bits per heavy atom. The summed E-state index contributed by atoms with van der Waals surface area (Å²) in [5, 5.41) is 0. The van der Waals surface area contributed by atoms with Gasteiger partial charge in [-0.3, -0.25) is 0 Å². The Bertz CT molecular complexity index is 884. The zero-order valence-electron chi connectivity index (χ0n) is 17.8. The highest BCUT2D eigenvalue weighted by Crippen LogP contribution is 2.36. The van der Waals surface area contributed by atoms with Crippen LogP contribution in [0.2, 0.25) is 0 Å². The van der Waals surface area contributed by atoms with Crippen molar-refractivity contribution in [3.63, 3.8) is 0 Å². The summed E-state index contributed by atoms with van der Waals surface area (Å²) in [4.78, 5) is 15.8. The van der Waals surface area contributed by atoms with Gasteiger partial charge in [0.05, 0.1) is 26.0 Å². The van der Waals surface area contributed by atoms with Gasteiger partial charge >= 0.3 is 12.1 Å². The molecule has 0 radical (unpaired) electrons. The Hall–Kier alpha value is -2.39. The lowest BCUT2D eigenvalue weighted by molar-refractivity contribution is -0.272. The Balaban J connectivity index is 1.56. The van der Waals surface area contributed by atoms with Crippen LogP contribution in [0.4, 0.5) is 13.2 Å². The molecular formula is C22H26F3NO5. The zero-order chi connectivity index (χ0) is 22.6. The molecule has 1 aliphatic rings. The summed E-state index contributed by atoms with van der Waals surface area (Å²) >= 11 is 0. The molecule has 0 amide bonds. The van der Waals surface area contributed by atoms with Crippen LogP contribution in [0.3, 0.4) is 0 Å². The number of ether oxygens (including phenoxy) is 3. The number of hydrogen-bond acceptors (Lipinski definition) is 6. The van der Waals surface area contributed by atoms with Crippen LogP contribution in [0, 0.1) is 12.8 Å². The van der Waals surface area contributed by atoms with Crippen LogP contribution in [0.25, 0.3) is 11.5 Å². The molecule has 1 aliphatic heterocycles. The van der Waals surface area contributed by atoms with Crippen LogP contribution >= 0.6 is 0 Å². The highest BCUT2D eigenvalue weighted by molar-refractivity contribution is 5.77. The summed E-state index contributed by atoms with van der Waals surface area (Å²) in [5.74, 6) is -3.01. The molecular weight excluding hydrogens is 415 g/mol. The molecule has 2 aromatic rings. The molecule has 6 nitrogen and oxygen atoms in total. The summed E-state index contributed by atoms with van der Waals surface area (Å²) in [6.45, 7) is 4.04. The van der Waals surface area contributed by atoms with Gasteiger partial charge in [0.1, 0.15) is 0 Å². The number of aryl methyl sites for hydroxylation is 2. The molecule has 1 fully saturated rings. The van der Waals surface area contributed by atoms with E-state index in [4.69, 9.17) is 13.9 Å². The molecule has 0 spiro atoms. The minimum absolute atomic E-state index is 0.0292. The summed E-state index contributed by atoms with van der Waals surface area (Å²) in [7, 11) is 1.26. The molecule has 1 aromatic carbocycles. The second kappa shape index (κ2) is 9.40. The van der Waals surface area contributed by atoms with Crippen LogP contribution < -0.4 is 0 Å². The highest BCUT2D eigenvalue weighted by Gasteiger charge is 2.41. The van der Waals surface area contributed by atoms with Gasteiger partial charge in [0.2, 0.25) is 11.7 Å². The number of carbonyl (C=O) groups excluding carboxylic acids is 1. The Morgan fingerprint density at radius 3 is 2.42 bits per heavy atom.